The van der Waals surface area contributed by atoms with Crippen molar-refractivity contribution >= 4 is 40.1 Å². The number of methoxy groups -OCH3 is 1. The van der Waals surface area contributed by atoms with Gasteiger partial charge in [-0.2, -0.15) is 0 Å². The zero-order chi connectivity index (χ0) is 10.8. The van der Waals surface area contributed by atoms with E-state index in [4.69, 9.17) is 16.3 Å². The van der Waals surface area contributed by atoms with Gasteiger partial charge in [0.2, 0.25) is 5.78 Å². The third-order valence-corrected chi connectivity index (χ3v) is 3.97. The second-order valence-electron chi connectivity index (χ2n) is 2.78. The highest BCUT2D eigenvalue weighted by Gasteiger charge is 2.14. The molecule has 2 nitrogen and oxygen atoms in total. The first-order valence-corrected chi connectivity index (χ1v) is 6.20. The molecule has 2 aromatic rings. The number of carbonyl (C=O) groups is 1. The summed E-state index contributed by atoms with van der Waals surface area (Å²) in [5, 5.41) is 1.81. The number of carbonyl (C=O) groups excluding carboxylic acids is 1. The summed E-state index contributed by atoms with van der Waals surface area (Å²) in [7, 11) is 1.58. The number of rotatable bonds is 3. The van der Waals surface area contributed by atoms with Gasteiger partial charge in [0.15, 0.2) is 0 Å². The van der Waals surface area contributed by atoms with Gasteiger partial charge in [-0.15, -0.1) is 22.7 Å². The molecule has 0 spiro atoms. The van der Waals surface area contributed by atoms with Crippen molar-refractivity contribution in [3.05, 3.63) is 37.7 Å². The van der Waals surface area contributed by atoms with E-state index in [-0.39, 0.29) is 5.78 Å². The van der Waals surface area contributed by atoms with E-state index in [1.807, 2.05) is 5.38 Å². The van der Waals surface area contributed by atoms with Crippen LogP contribution in [0.3, 0.4) is 0 Å². The molecule has 0 aliphatic heterocycles. The third-order valence-electron chi connectivity index (χ3n) is 1.83. The van der Waals surface area contributed by atoms with Crippen molar-refractivity contribution in [3.63, 3.8) is 0 Å². The zero-order valence-corrected chi connectivity index (χ0v) is 10.2. The molecule has 0 atom stereocenters. The molecule has 0 unspecified atom stereocenters. The summed E-state index contributed by atoms with van der Waals surface area (Å²) in [5.41, 5.74) is 0. The van der Waals surface area contributed by atoms with E-state index in [1.54, 1.807) is 25.3 Å². The lowest BCUT2D eigenvalue weighted by atomic mass is 10.3. The van der Waals surface area contributed by atoms with Gasteiger partial charge in [-0.3, -0.25) is 4.79 Å². The molecule has 0 saturated carbocycles. The third kappa shape index (κ3) is 2.22. The smallest absolute Gasteiger partial charge is 0.213 e. The minimum absolute atomic E-state index is 0.000185. The Bertz CT molecular complexity index is 487. The minimum atomic E-state index is 0.000185. The lowest BCUT2D eigenvalue weighted by Crippen LogP contribution is -1.94. The second kappa shape index (κ2) is 4.35. The highest BCUT2D eigenvalue weighted by atomic mass is 35.5. The lowest BCUT2D eigenvalue weighted by molar-refractivity contribution is 0.104. The first kappa shape index (κ1) is 10.7. The van der Waals surface area contributed by atoms with Crippen molar-refractivity contribution in [2.45, 2.75) is 0 Å². The topological polar surface area (TPSA) is 26.3 Å². The van der Waals surface area contributed by atoms with Gasteiger partial charge in [0, 0.05) is 11.4 Å². The van der Waals surface area contributed by atoms with Crippen LogP contribution in [0, 0.1) is 0 Å². The minimum Gasteiger partial charge on any atom is -0.496 e. The van der Waals surface area contributed by atoms with Crippen LogP contribution in [0.15, 0.2) is 23.6 Å². The summed E-state index contributed by atoms with van der Waals surface area (Å²) in [6.45, 7) is 0. The van der Waals surface area contributed by atoms with E-state index in [1.165, 1.54) is 22.7 Å². The summed E-state index contributed by atoms with van der Waals surface area (Å²) in [5.74, 6) is 0.714. The molecular formula is C10H7ClO2S2. The average Bonchev–Trinajstić information content (AvgIpc) is 2.84. The van der Waals surface area contributed by atoms with Gasteiger partial charge in [0.1, 0.15) is 5.75 Å². The fourth-order valence-corrected chi connectivity index (χ4v) is 2.97. The summed E-state index contributed by atoms with van der Waals surface area (Å²) >= 11 is 8.43. The van der Waals surface area contributed by atoms with Gasteiger partial charge in [0.05, 0.1) is 21.2 Å². The molecule has 2 heterocycles. The number of ether oxygens (including phenoxy) is 1. The molecular weight excluding hydrogens is 252 g/mol. The van der Waals surface area contributed by atoms with Gasteiger partial charge < -0.3 is 4.74 Å². The molecule has 0 amide bonds. The van der Waals surface area contributed by atoms with Crippen molar-refractivity contribution in [1.82, 2.24) is 0 Å². The highest BCUT2D eigenvalue weighted by molar-refractivity contribution is 7.19. The number of hydrogen-bond donors (Lipinski definition) is 0. The van der Waals surface area contributed by atoms with E-state index in [2.05, 4.69) is 0 Å². The van der Waals surface area contributed by atoms with Crippen molar-refractivity contribution in [3.8, 4) is 5.75 Å². The lowest BCUT2D eigenvalue weighted by Gasteiger charge is -1.92. The maximum Gasteiger partial charge on any atom is 0.213 e. The number of thiophene rings is 2. The van der Waals surface area contributed by atoms with Crippen molar-refractivity contribution in [2.75, 3.05) is 7.11 Å². The molecule has 0 N–H and O–H groups in total. The summed E-state index contributed by atoms with van der Waals surface area (Å²) in [6, 6.07) is 5.20. The van der Waals surface area contributed by atoms with Crippen LogP contribution in [0.4, 0.5) is 0 Å². The van der Waals surface area contributed by atoms with Crippen LogP contribution >= 0.6 is 34.3 Å². The van der Waals surface area contributed by atoms with Crippen LogP contribution in [0.1, 0.15) is 14.5 Å². The van der Waals surface area contributed by atoms with Crippen molar-refractivity contribution in [1.29, 1.82) is 0 Å². The summed E-state index contributed by atoms with van der Waals surface area (Å²) in [6.07, 6.45) is 0. The molecule has 0 saturated heterocycles. The van der Waals surface area contributed by atoms with E-state index in [0.717, 1.165) is 0 Å². The molecule has 0 aliphatic rings. The Hall–Kier alpha value is -0.840. The molecule has 0 aromatic carbocycles. The number of halogens is 1. The predicted molar refractivity (Wildman–Crippen MR) is 63.6 cm³/mol. The first-order chi connectivity index (χ1) is 7.20. The Kier molecular flexibility index (Phi) is 3.09. The van der Waals surface area contributed by atoms with Gasteiger partial charge >= 0.3 is 0 Å². The van der Waals surface area contributed by atoms with E-state index < -0.39 is 0 Å². The average molecular weight is 259 g/mol. The Morgan fingerprint density at radius 2 is 2.20 bits per heavy atom. The van der Waals surface area contributed by atoms with E-state index in [9.17, 15) is 4.79 Å². The molecule has 0 bridgehead atoms. The Labute approximate surface area is 100 Å². The molecule has 0 aliphatic carbocycles. The Balaban J connectivity index is 2.28. The molecule has 0 fully saturated rings. The van der Waals surface area contributed by atoms with E-state index >= 15 is 0 Å². The molecule has 5 heteroatoms. The first-order valence-electron chi connectivity index (χ1n) is 4.13. The van der Waals surface area contributed by atoms with Crippen molar-refractivity contribution in [2.24, 2.45) is 0 Å². The quantitative estimate of drug-likeness (QED) is 0.785. The Morgan fingerprint density at radius 3 is 2.73 bits per heavy atom. The summed E-state index contributed by atoms with van der Waals surface area (Å²) in [4.78, 5) is 13.2. The number of ketones is 1. The van der Waals surface area contributed by atoms with Crippen LogP contribution in [-0.4, -0.2) is 12.9 Å². The van der Waals surface area contributed by atoms with Gasteiger partial charge in [0.25, 0.3) is 0 Å². The van der Waals surface area contributed by atoms with Crippen LogP contribution in [-0.2, 0) is 0 Å². The van der Waals surface area contributed by atoms with Crippen molar-refractivity contribution < 1.29 is 9.53 Å². The molecule has 2 rings (SSSR count). The van der Waals surface area contributed by atoms with Gasteiger partial charge in [-0.25, -0.2) is 0 Å². The summed E-state index contributed by atoms with van der Waals surface area (Å²) < 4.78 is 5.65. The molecule has 0 radical (unpaired) electrons. The zero-order valence-electron chi connectivity index (χ0n) is 7.82. The fraction of sp³-hybridized carbons (Fsp3) is 0.100. The molecule has 15 heavy (non-hydrogen) atoms. The highest BCUT2D eigenvalue weighted by Crippen LogP contribution is 2.28. The fourth-order valence-electron chi connectivity index (χ4n) is 1.10. The Morgan fingerprint density at radius 1 is 1.40 bits per heavy atom. The maximum absolute atomic E-state index is 11.9. The van der Waals surface area contributed by atoms with Crippen LogP contribution in [0.2, 0.25) is 4.34 Å². The maximum atomic E-state index is 11.9. The SMILES string of the molecule is COc1csc(C(=O)c2ccc(Cl)s2)c1. The largest absolute Gasteiger partial charge is 0.496 e. The second-order valence-corrected chi connectivity index (χ2v) is 5.41. The van der Waals surface area contributed by atoms with Crippen LogP contribution in [0.5, 0.6) is 5.75 Å². The van der Waals surface area contributed by atoms with Crippen LogP contribution < -0.4 is 4.74 Å². The normalized spacial score (nSPS) is 10.3. The monoisotopic (exact) mass is 258 g/mol. The molecule has 78 valence electrons. The number of hydrogen-bond acceptors (Lipinski definition) is 4. The van der Waals surface area contributed by atoms with Gasteiger partial charge in [-0.05, 0) is 12.1 Å². The molecule has 2 aromatic heterocycles. The standard InChI is InChI=1S/C10H7ClO2S2/c1-13-6-4-8(14-5-6)10(12)7-2-3-9(11)15-7/h2-5H,1H3. The van der Waals surface area contributed by atoms with Gasteiger partial charge in [-0.1, -0.05) is 11.6 Å². The predicted octanol–water partition coefficient (Wildman–Crippen LogP) is 3.70. The van der Waals surface area contributed by atoms with Crippen LogP contribution in [0.25, 0.3) is 0 Å². The van der Waals surface area contributed by atoms with E-state index in [0.29, 0.717) is 19.8 Å².